The summed E-state index contributed by atoms with van der Waals surface area (Å²) in [7, 11) is 1.27. The van der Waals surface area contributed by atoms with Crippen molar-refractivity contribution in [3.63, 3.8) is 0 Å². The number of amides is 1. The van der Waals surface area contributed by atoms with Crippen molar-refractivity contribution in [3.05, 3.63) is 0 Å². The van der Waals surface area contributed by atoms with E-state index in [9.17, 15) is 14.4 Å². The molecule has 16 heavy (non-hydrogen) atoms. The van der Waals surface area contributed by atoms with Crippen LogP contribution < -0.4 is 0 Å². The lowest BCUT2D eigenvalue weighted by Crippen LogP contribution is -2.39. The molecule has 1 fully saturated rings. The van der Waals surface area contributed by atoms with E-state index in [1.165, 1.54) is 14.0 Å². The molecule has 0 atom stereocenters. The van der Waals surface area contributed by atoms with Gasteiger partial charge in [-0.25, -0.2) is 0 Å². The first-order chi connectivity index (χ1) is 7.54. The van der Waals surface area contributed by atoms with Crippen LogP contribution in [-0.4, -0.2) is 42.8 Å². The van der Waals surface area contributed by atoms with Gasteiger partial charge in [0.15, 0.2) is 0 Å². The minimum Gasteiger partial charge on any atom is -0.469 e. The van der Waals surface area contributed by atoms with Gasteiger partial charge in [-0.15, -0.1) is 0 Å². The van der Waals surface area contributed by atoms with Crippen molar-refractivity contribution in [1.82, 2.24) is 4.90 Å². The highest BCUT2D eigenvalue weighted by Crippen LogP contribution is 2.19. The van der Waals surface area contributed by atoms with E-state index in [1.54, 1.807) is 4.90 Å². The molecule has 0 aromatic rings. The van der Waals surface area contributed by atoms with Gasteiger partial charge in [0.2, 0.25) is 5.91 Å². The lowest BCUT2D eigenvalue weighted by molar-refractivity contribution is -0.145. The van der Waals surface area contributed by atoms with Crippen LogP contribution in [-0.2, 0) is 19.1 Å². The first-order valence-electron chi connectivity index (χ1n) is 5.39. The van der Waals surface area contributed by atoms with E-state index in [0.29, 0.717) is 25.9 Å². The number of piperidine rings is 1. The molecule has 0 radical (unpaired) electrons. The average molecular weight is 227 g/mol. The topological polar surface area (TPSA) is 63.7 Å². The van der Waals surface area contributed by atoms with Crippen LogP contribution in [0.1, 0.15) is 26.2 Å². The van der Waals surface area contributed by atoms with Gasteiger partial charge in [-0.3, -0.25) is 14.4 Å². The second-order valence-corrected chi connectivity index (χ2v) is 4.00. The molecule has 0 unspecified atom stereocenters. The van der Waals surface area contributed by atoms with Crippen LogP contribution in [0, 0.1) is 5.92 Å². The smallest absolute Gasteiger partial charge is 0.313 e. The number of ketones is 1. The molecule has 1 rings (SSSR count). The summed E-state index contributed by atoms with van der Waals surface area (Å²) in [6, 6.07) is 0. The van der Waals surface area contributed by atoms with Crippen LogP contribution in [0.25, 0.3) is 0 Å². The highest BCUT2D eigenvalue weighted by atomic mass is 16.5. The summed E-state index contributed by atoms with van der Waals surface area (Å²) in [5.74, 6) is -0.623. The molecule has 0 N–H and O–H groups in total. The number of likely N-dealkylation sites (tertiary alicyclic amines) is 1. The summed E-state index contributed by atoms with van der Waals surface area (Å²) >= 11 is 0. The lowest BCUT2D eigenvalue weighted by atomic mass is 9.91. The van der Waals surface area contributed by atoms with Crippen molar-refractivity contribution in [2.24, 2.45) is 5.92 Å². The molecule has 0 aliphatic carbocycles. The van der Waals surface area contributed by atoms with Crippen molar-refractivity contribution in [2.45, 2.75) is 26.2 Å². The highest BCUT2D eigenvalue weighted by molar-refractivity contribution is 5.96. The van der Waals surface area contributed by atoms with Crippen molar-refractivity contribution in [2.75, 3.05) is 20.2 Å². The molecule has 1 aliphatic heterocycles. The van der Waals surface area contributed by atoms with E-state index in [4.69, 9.17) is 0 Å². The summed E-state index contributed by atoms with van der Waals surface area (Å²) in [5, 5.41) is 0. The minimum atomic E-state index is -0.487. The fourth-order valence-electron chi connectivity index (χ4n) is 1.88. The number of hydrogen-bond acceptors (Lipinski definition) is 4. The second kappa shape index (κ2) is 5.63. The normalized spacial score (nSPS) is 17.0. The molecular formula is C11H17NO4. The first kappa shape index (κ1) is 12.7. The van der Waals surface area contributed by atoms with Gasteiger partial charge in [0.1, 0.15) is 12.2 Å². The van der Waals surface area contributed by atoms with Gasteiger partial charge in [-0.05, 0) is 12.8 Å². The molecule has 0 spiro atoms. The Morgan fingerprint density at radius 1 is 1.25 bits per heavy atom. The summed E-state index contributed by atoms with van der Waals surface area (Å²) in [5.41, 5.74) is 0. The standard InChI is InChI=1S/C11H17NO4/c1-8(13)12-5-3-9(4-6-12)10(14)7-11(15)16-2/h9H,3-7H2,1-2H3. The lowest BCUT2D eigenvalue weighted by Gasteiger charge is -2.30. The number of rotatable bonds is 3. The average Bonchev–Trinajstić information content (AvgIpc) is 2.28. The Bertz CT molecular complexity index is 292. The fourth-order valence-corrected chi connectivity index (χ4v) is 1.88. The SMILES string of the molecule is COC(=O)CC(=O)C1CCN(C(C)=O)CC1. The zero-order chi connectivity index (χ0) is 12.1. The Hall–Kier alpha value is -1.39. The molecule has 1 aliphatic rings. The number of methoxy groups -OCH3 is 1. The third-order valence-corrected chi connectivity index (χ3v) is 2.94. The van der Waals surface area contributed by atoms with Crippen molar-refractivity contribution in [1.29, 1.82) is 0 Å². The van der Waals surface area contributed by atoms with Gasteiger partial charge in [-0.2, -0.15) is 0 Å². The van der Waals surface area contributed by atoms with Gasteiger partial charge in [-0.1, -0.05) is 0 Å². The Kier molecular flexibility index (Phi) is 4.46. The summed E-state index contributed by atoms with van der Waals surface area (Å²) in [6.45, 7) is 2.73. The second-order valence-electron chi connectivity index (χ2n) is 4.00. The molecule has 1 heterocycles. The third-order valence-electron chi connectivity index (χ3n) is 2.94. The largest absolute Gasteiger partial charge is 0.469 e. The van der Waals surface area contributed by atoms with Gasteiger partial charge >= 0.3 is 5.97 Å². The van der Waals surface area contributed by atoms with Gasteiger partial charge < -0.3 is 9.64 Å². The maximum absolute atomic E-state index is 11.6. The van der Waals surface area contributed by atoms with Crippen LogP contribution in [0.15, 0.2) is 0 Å². The van der Waals surface area contributed by atoms with Crippen molar-refractivity contribution in [3.8, 4) is 0 Å². The van der Waals surface area contributed by atoms with Crippen molar-refractivity contribution >= 4 is 17.7 Å². The number of carbonyl (C=O) groups excluding carboxylic acids is 3. The number of Topliss-reactive ketones (excluding diaryl/α,β-unsaturated/α-hetero) is 1. The first-order valence-corrected chi connectivity index (χ1v) is 5.39. The van der Waals surface area contributed by atoms with E-state index in [0.717, 1.165) is 0 Å². The Balaban J connectivity index is 2.38. The molecule has 90 valence electrons. The van der Waals surface area contributed by atoms with Crippen LogP contribution in [0.2, 0.25) is 0 Å². The van der Waals surface area contributed by atoms with Crippen LogP contribution in [0.3, 0.4) is 0 Å². The maximum atomic E-state index is 11.6. The number of hydrogen-bond donors (Lipinski definition) is 0. The molecule has 1 amide bonds. The number of ether oxygens (including phenoxy) is 1. The van der Waals surface area contributed by atoms with Crippen LogP contribution in [0.4, 0.5) is 0 Å². The zero-order valence-electron chi connectivity index (χ0n) is 9.69. The number of carbonyl (C=O) groups is 3. The van der Waals surface area contributed by atoms with Gasteiger partial charge in [0.05, 0.1) is 7.11 Å². The molecule has 5 heteroatoms. The third kappa shape index (κ3) is 3.32. The Morgan fingerprint density at radius 2 is 1.81 bits per heavy atom. The fraction of sp³-hybridized carbons (Fsp3) is 0.727. The summed E-state index contributed by atoms with van der Waals surface area (Å²) in [6.07, 6.45) is 1.14. The molecule has 0 aromatic heterocycles. The number of esters is 1. The minimum absolute atomic E-state index is 0.0406. The van der Waals surface area contributed by atoms with Crippen LogP contribution in [0.5, 0.6) is 0 Å². The molecule has 1 saturated heterocycles. The maximum Gasteiger partial charge on any atom is 0.313 e. The molecule has 0 aromatic carbocycles. The number of nitrogens with zero attached hydrogens (tertiary/aromatic N) is 1. The molecule has 0 bridgehead atoms. The predicted octanol–water partition coefficient (Wildman–Crippen LogP) is 0.377. The molecule has 5 nitrogen and oxygen atoms in total. The zero-order valence-corrected chi connectivity index (χ0v) is 9.69. The summed E-state index contributed by atoms with van der Waals surface area (Å²) < 4.78 is 4.45. The Morgan fingerprint density at radius 3 is 2.25 bits per heavy atom. The highest BCUT2D eigenvalue weighted by Gasteiger charge is 2.27. The van der Waals surface area contributed by atoms with Crippen LogP contribution >= 0.6 is 0 Å². The van der Waals surface area contributed by atoms with Crippen molar-refractivity contribution < 1.29 is 19.1 Å². The van der Waals surface area contributed by atoms with Gasteiger partial charge in [0, 0.05) is 25.9 Å². The molecular weight excluding hydrogens is 210 g/mol. The van der Waals surface area contributed by atoms with Gasteiger partial charge in [0.25, 0.3) is 0 Å². The monoisotopic (exact) mass is 227 g/mol. The quantitative estimate of drug-likeness (QED) is 0.516. The van der Waals surface area contributed by atoms with E-state index >= 15 is 0 Å². The summed E-state index contributed by atoms with van der Waals surface area (Å²) in [4.78, 5) is 35.4. The molecule has 0 saturated carbocycles. The van der Waals surface area contributed by atoms with E-state index < -0.39 is 5.97 Å². The van der Waals surface area contributed by atoms with E-state index in [1.807, 2.05) is 0 Å². The predicted molar refractivity (Wildman–Crippen MR) is 56.6 cm³/mol. The Labute approximate surface area is 94.7 Å². The van der Waals surface area contributed by atoms with E-state index in [2.05, 4.69) is 4.74 Å². The van der Waals surface area contributed by atoms with E-state index in [-0.39, 0.29) is 24.0 Å².